The molecule has 29 heavy (non-hydrogen) atoms. The van der Waals surface area contributed by atoms with Gasteiger partial charge in [0.25, 0.3) is 5.69 Å². The molecule has 0 fully saturated rings. The Kier molecular flexibility index (Phi) is 6.48. The number of nitro benzene ring substituents is 1. The molecule has 3 aromatic rings. The van der Waals surface area contributed by atoms with Crippen LogP contribution in [0.4, 0.5) is 11.4 Å². The molecule has 0 spiro atoms. The summed E-state index contributed by atoms with van der Waals surface area (Å²) < 4.78 is 1.19. The Morgan fingerprint density at radius 2 is 1.86 bits per heavy atom. The molecule has 1 heterocycles. The maximum absolute atomic E-state index is 12.2. The Balaban J connectivity index is 1.70. The van der Waals surface area contributed by atoms with Crippen LogP contribution in [-0.4, -0.2) is 31.5 Å². The number of anilines is 1. The molecule has 0 aliphatic carbocycles. The molecule has 1 aromatic heterocycles. The highest BCUT2D eigenvalue weighted by Gasteiger charge is 2.19. The van der Waals surface area contributed by atoms with Gasteiger partial charge in [-0.15, -0.1) is 10.2 Å². The molecule has 150 valence electrons. The monoisotopic (exact) mass is 472 g/mol. The van der Waals surface area contributed by atoms with E-state index in [1.165, 1.54) is 16.8 Å². The van der Waals surface area contributed by atoms with Crippen LogP contribution in [0.15, 0.2) is 41.6 Å². The molecule has 3 N–H and O–H groups in total. The molecular formula is C16H11Cl3N6O3S. The van der Waals surface area contributed by atoms with Crippen LogP contribution in [0.5, 0.6) is 0 Å². The second-order valence-corrected chi connectivity index (χ2v) is 7.78. The number of benzene rings is 2. The molecule has 0 atom stereocenters. The molecule has 0 saturated carbocycles. The highest BCUT2D eigenvalue weighted by atomic mass is 35.5. The quantitative estimate of drug-likeness (QED) is 0.237. The maximum atomic E-state index is 12.2. The van der Waals surface area contributed by atoms with Gasteiger partial charge in [-0.3, -0.25) is 14.9 Å². The van der Waals surface area contributed by atoms with Crippen LogP contribution < -0.4 is 11.2 Å². The van der Waals surface area contributed by atoms with Gasteiger partial charge in [-0.1, -0.05) is 46.6 Å². The molecule has 3 rings (SSSR count). The van der Waals surface area contributed by atoms with Gasteiger partial charge in [0.15, 0.2) is 5.82 Å². The number of nitrogens with one attached hydrogen (secondary N) is 1. The van der Waals surface area contributed by atoms with E-state index >= 15 is 0 Å². The van der Waals surface area contributed by atoms with E-state index in [1.807, 2.05) is 0 Å². The zero-order chi connectivity index (χ0) is 21.1. The summed E-state index contributed by atoms with van der Waals surface area (Å²) >= 11 is 18.8. The van der Waals surface area contributed by atoms with Crippen LogP contribution in [-0.2, 0) is 4.79 Å². The lowest BCUT2D eigenvalue weighted by Gasteiger charge is -2.07. The average Bonchev–Trinajstić information content (AvgIpc) is 3.02. The second kappa shape index (κ2) is 8.87. The van der Waals surface area contributed by atoms with Gasteiger partial charge in [0.1, 0.15) is 5.69 Å². The lowest BCUT2D eigenvalue weighted by molar-refractivity contribution is -0.383. The van der Waals surface area contributed by atoms with Crippen molar-refractivity contribution in [2.75, 3.05) is 16.9 Å². The summed E-state index contributed by atoms with van der Waals surface area (Å²) in [6.07, 6.45) is 0. The fraction of sp³-hybridized carbons (Fsp3) is 0.0625. The molecule has 9 nitrogen and oxygen atoms in total. The van der Waals surface area contributed by atoms with E-state index in [2.05, 4.69) is 15.5 Å². The van der Waals surface area contributed by atoms with Crippen molar-refractivity contribution in [1.82, 2.24) is 14.9 Å². The third-order valence-electron chi connectivity index (χ3n) is 3.60. The molecule has 0 bridgehead atoms. The number of hydrogen-bond donors (Lipinski definition) is 2. The first-order chi connectivity index (χ1) is 13.8. The van der Waals surface area contributed by atoms with Crippen molar-refractivity contribution >= 4 is 63.8 Å². The standard InChI is InChI=1S/C16H11Cl3N6O3S/c17-8-1-3-10(11(19)5-8)15-22-23-16(24(15)20)29-7-14(26)21-12-4-2-9(18)6-13(12)25(27)28/h1-6H,7,20H2,(H,21,26). The molecule has 13 heteroatoms. The zero-order valence-corrected chi connectivity index (χ0v) is 17.4. The van der Waals surface area contributed by atoms with Crippen molar-refractivity contribution in [3.05, 3.63) is 61.6 Å². The first kappa shape index (κ1) is 21.2. The summed E-state index contributed by atoms with van der Waals surface area (Å²) in [6.45, 7) is 0. The number of rotatable bonds is 6. The SMILES string of the molecule is Nn1c(SCC(=O)Nc2ccc(Cl)cc2[N+](=O)[O-])nnc1-c1ccc(Cl)cc1Cl. The van der Waals surface area contributed by atoms with Crippen LogP contribution in [0.2, 0.25) is 15.1 Å². The topological polar surface area (TPSA) is 129 Å². The molecule has 2 aromatic carbocycles. The number of carbonyl (C=O) groups excluding carboxylic acids is 1. The van der Waals surface area contributed by atoms with E-state index in [0.29, 0.717) is 21.4 Å². The van der Waals surface area contributed by atoms with Crippen LogP contribution in [0.25, 0.3) is 11.4 Å². The third kappa shape index (κ3) is 4.91. The predicted molar refractivity (Wildman–Crippen MR) is 113 cm³/mol. The van der Waals surface area contributed by atoms with Gasteiger partial charge in [-0.2, -0.15) is 0 Å². The smallest absolute Gasteiger partial charge is 0.294 e. The molecule has 0 aliphatic heterocycles. The molecule has 0 aliphatic rings. The van der Waals surface area contributed by atoms with Gasteiger partial charge in [0, 0.05) is 21.7 Å². The Morgan fingerprint density at radius 1 is 1.17 bits per heavy atom. The van der Waals surface area contributed by atoms with Crippen molar-refractivity contribution in [3.63, 3.8) is 0 Å². The van der Waals surface area contributed by atoms with Gasteiger partial charge >= 0.3 is 0 Å². The first-order valence-corrected chi connectivity index (χ1v) is 9.90. The zero-order valence-electron chi connectivity index (χ0n) is 14.3. The number of hydrogen-bond acceptors (Lipinski definition) is 7. The van der Waals surface area contributed by atoms with Crippen molar-refractivity contribution < 1.29 is 9.72 Å². The number of carbonyl (C=O) groups is 1. The van der Waals surface area contributed by atoms with Gasteiger partial charge in [0.05, 0.1) is 15.7 Å². The summed E-state index contributed by atoms with van der Waals surface area (Å²) in [6, 6.07) is 8.79. The summed E-state index contributed by atoms with van der Waals surface area (Å²) in [5.41, 5.74) is 0.254. The van der Waals surface area contributed by atoms with Gasteiger partial charge in [-0.05, 0) is 30.3 Å². The first-order valence-electron chi connectivity index (χ1n) is 7.78. The van der Waals surface area contributed by atoms with E-state index in [1.54, 1.807) is 18.2 Å². The summed E-state index contributed by atoms with van der Waals surface area (Å²) in [5.74, 6) is 5.70. The lowest BCUT2D eigenvalue weighted by Crippen LogP contribution is -2.17. The number of nitrogens with zero attached hydrogens (tertiary/aromatic N) is 4. The minimum atomic E-state index is -0.632. The van der Waals surface area contributed by atoms with Gasteiger partial charge in [0.2, 0.25) is 11.1 Å². The van der Waals surface area contributed by atoms with Crippen molar-refractivity contribution in [3.8, 4) is 11.4 Å². The average molecular weight is 474 g/mol. The number of halogens is 3. The highest BCUT2D eigenvalue weighted by molar-refractivity contribution is 7.99. The molecule has 1 amide bonds. The lowest BCUT2D eigenvalue weighted by atomic mass is 10.2. The second-order valence-electron chi connectivity index (χ2n) is 5.56. The largest absolute Gasteiger partial charge is 0.335 e. The van der Waals surface area contributed by atoms with E-state index in [0.717, 1.165) is 17.8 Å². The Hall–Kier alpha value is -2.53. The van der Waals surface area contributed by atoms with Crippen molar-refractivity contribution in [2.45, 2.75) is 5.16 Å². The van der Waals surface area contributed by atoms with E-state index < -0.39 is 10.8 Å². The van der Waals surface area contributed by atoms with E-state index in [9.17, 15) is 14.9 Å². The van der Waals surface area contributed by atoms with Crippen LogP contribution in [0, 0.1) is 10.1 Å². The number of nitrogen functional groups attached to an aromatic ring is 1. The van der Waals surface area contributed by atoms with Crippen molar-refractivity contribution in [2.24, 2.45) is 0 Å². The predicted octanol–water partition coefficient (Wildman–Crippen LogP) is 4.26. The Morgan fingerprint density at radius 3 is 2.55 bits per heavy atom. The van der Waals surface area contributed by atoms with Crippen LogP contribution in [0.3, 0.4) is 0 Å². The highest BCUT2D eigenvalue weighted by Crippen LogP contribution is 2.31. The number of nitro groups is 1. The number of nitrogens with two attached hydrogens (primary N) is 1. The Bertz CT molecular complexity index is 1110. The molecule has 0 saturated heterocycles. The summed E-state index contributed by atoms with van der Waals surface area (Å²) in [4.78, 5) is 22.7. The van der Waals surface area contributed by atoms with E-state index in [4.69, 9.17) is 40.6 Å². The van der Waals surface area contributed by atoms with Crippen LogP contribution in [0.1, 0.15) is 0 Å². The Labute approximate surface area is 183 Å². The fourth-order valence-electron chi connectivity index (χ4n) is 2.31. The van der Waals surface area contributed by atoms with Crippen LogP contribution >= 0.6 is 46.6 Å². The van der Waals surface area contributed by atoms with Gasteiger partial charge < -0.3 is 11.2 Å². The minimum Gasteiger partial charge on any atom is -0.335 e. The molecular weight excluding hydrogens is 463 g/mol. The van der Waals surface area contributed by atoms with E-state index in [-0.39, 0.29) is 27.3 Å². The fourth-order valence-corrected chi connectivity index (χ4v) is 3.62. The number of aromatic nitrogens is 3. The normalized spacial score (nSPS) is 10.7. The summed E-state index contributed by atoms with van der Waals surface area (Å²) in [5, 5.41) is 22.8. The minimum absolute atomic E-state index is 0.0350. The molecule has 0 radical (unpaired) electrons. The third-order valence-corrected chi connectivity index (χ3v) is 5.33. The van der Waals surface area contributed by atoms with Gasteiger partial charge in [-0.25, -0.2) is 4.68 Å². The maximum Gasteiger partial charge on any atom is 0.294 e. The van der Waals surface area contributed by atoms with Crippen molar-refractivity contribution in [1.29, 1.82) is 0 Å². The summed E-state index contributed by atoms with van der Waals surface area (Å²) in [7, 11) is 0. The number of thioether (sulfide) groups is 1. The molecule has 0 unspecified atom stereocenters. The number of amides is 1.